The molecule has 0 spiro atoms. The van der Waals surface area contributed by atoms with Crippen molar-refractivity contribution in [1.29, 1.82) is 0 Å². The van der Waals surface area contributed by atoms with Crippen molar-refractivity contribution in [3.63, 3.8) is 0 Å². The lowest BCUT2D eigenvalue weighted by Gasteiger charge is -2.20. The molecule has 1 aliphatic heterocycles. The van der Waals surface area contributed by atoms with Crippen LogP contribution < -0.4 is 0 Å². The van der Waals surface area contributed by atoms with Crippen molar-refractivity contribution in [3.8, 4) is 0 Å². The Morgan fingerprint density at radius 2 is 2.31 bits per heavy atom. The quantitative estimate of drug-likeness (QED) is 0.829. The summed E-state index contributed by atoms with van der Waals surface area (Å²) in [6.07, 6.45) is -0.260. The SMILES string of the molecule is C=C(Br)CN1CC(F)(F)CC1CO. The molecule has 0 radical (unpaired) electrons. The van der Waals surface area contributed by atoms with E-state index in [9.17, 15) is 8.78 Å². The van der Waals surface area contributed by atoms with Crippen LogP contribution >= 0.6 is 15.9 Å². The van der Waals surface area contributed by atoms with Gasteiger partial charge in [-0.25, -0.2) is 8.78 Å². The molecule has 1 rings (SSSR count). The molecule has 0 saturated carbocycles. The van der Waals surface area contributed by atoms with Crippen LogP contribution in [0.3, 0.4) is 0 Å². The van der Waals surface area contributed by atoms with Crippen molar-refractivity contribution in [1.82, 2.24) is 4.90 Å². The van der Waals surface area contributed by atoms with Crippen molar-refractivity contribution < 1.29 is 13.9 Å². The first-order valence-electron chi connectivity index (χ1n) is 4.00. The van der Waals surface area contributed by atoms with Crippen LogP contribution in [0.25, 0.3) is 0 Å². The first-order chi connectivity index (χ1) is 5.94. The second kappa shape index (κ2) is 4.02. The second-order valence-corrected chi connectivity index (χ2v) is 4.44. The molecular weight excluding hydrogens is 244 g/mol. The molecule has 76 valence electrons. The van der Waals surface area contributed by atoms with Gasteiger partial charge in [-0.15, -0.1) is 0 Å². The lowest BCUT2D eigenvalue weighted by Crippen LogP contribution is -2.33. The van der Waals surface area contributed by atoms with E-state index in [1.54, 1.807) is 0 Å². The molecular formula is C8H12BrF2NO. The Bertz CT molecular complexity index is 210. The first kappa shape index (κ1) is 11.1. The molecule has 0 aromatic heterocycles. The summed E-state index contributed by atoms with van der Waals surface area (Å²) in [7, 11) is 0. The number of likely N-dealkylation sites (tertiary alicyclic amines) is 1. The van der Waals surface area contributed by atoms with Gasteiger partial charge in [0.25, 0.3) is 5.92 Å². The highest BCUT2D eigenvalue weighted by molar-refractivity contribution is 9.11. The number of rotatable bonds is 3. The molecule has 1 saturated heterocycles. The van der Waals surface area contributed by atoms with E-state index in [0.29, 0.717) is 11.0 Å². The Hall–Kier alpha value is -0.0000000000000000486. The van der Waals surface area contributed by atoms with Gasteiger partial charge in [0.1, 0.15) is 0 Å². The van der Waals surface area contributed by atoms with Gasteiger partial charge in [0.2, 0.25) is 0 Å². The second-order valence-electron chi connectivity index (χ2n) is 3.32. The molecule has 5 heteroatoms. The van der Waals surface area contributed by atoms with Crippen LogP contribution in [0.5, 0.6) is 0 Å². The normalized spacial score (nSPS) is 27.8. The van der Waals surface area contributed by atoms with Gasteiger partial charge < -0.3 is 5.11 Å². The van der Waals surface area contributed by atoms with Crippen LogP contribution in [-0.2, 0) is 0 Å². The molecule has 0 bridgehead atoms. The third-order valence-corrected chi connectivity index (χ3v) is 2.32. The maximum absolute atomic E-state index is 12.9. The molecule has 0 aromatic rings. The predicted octanol–water partition coefficient (Wildman–Crippen LogP) is 1.60. The van der Waals surface area contributed by atoms with Crippen molar-refractivity contribution in [3.05, 3.63) is 11.1 Å². The van der Waals surface area contributed by atoms with Gasteiger partial charge in [-0.05, 0) is 0 Å². The molecule has 1 heterocycles. The highest BCUT2D eigenvalue weighted by Crippen LogP contribution is 2.32. The minimum absolute atomic E-state index is 0.226. The minimum Gasteiger partial charge on any atom is -0.395 e. The molecule has 1 aliphatic rings. The third-order valence-electron chi connectivity index (χ3n) is 2.07. The molecule has 1 unspecified atom stereocenters. The van der Waals surface area contributed by atoms with E-state index >= 15 is 0 Å². The maximum Gasteiger partial charge on any atom is 0.262 e. The third kappa shape index (κ3) is 3.00. The number of hydrogen-bond acceptors (Lipinski definition) is 2. The fourth-order valence-electron chi connectivity index (χ4n) is 1.55. The van der Waals surface area contributed by atoms with Crippen molar-refractivity contribution in [2.75, 3.05) is 19.7 Å². The molecule has 0 aliphatic carbocycles. The van der Waals surface area contributed by atoms with Crippen LogP contribution in [0.2, 0.25) is 0 Å². The zero-order chi connectivity index (χ0) is 10.1. The number of nitrogens with zero attached hydrogens (tertiary/aromatic N) is 1. The summed E-state index contributed by atoms with van der Waals surface area (Å²) in [5.41, 5.74) is 0. The van der Waals surface area contributed by atoms with Gasteiger partial charge in [-0.1, -0.05) is 22.5 Å². The Morgan fingerprint density at radius 1 is 1.69 bits per heavy atom. The zero-order valence-corrected chi connectivity index (χ0v) is 8.73. The zero-order valence-electron chi connectivity index (χ0n) is 7.14. The largest absolute Gasteiger partial charge is 0.395 e. The van der Waals surface area contributed by atoms with E-state index in [4.69, 9.17) is 5.11 Å². The van der Waals surface area contributed by atoms with Gasteiger partial charge in [0.05, 0.1) is 13.2 Å². The van der Waals surface area contributed by atoms with Crippen molar-refractivity contribution >= 4 is 15.9 Å². The summed E-state index contributed by atoms with van der Waals surface area (Å²) in [6.45, 7) is 3.43. The molecule has 0 aromatic carbocycles. The van der Waals surface area contributed by atoms with Crippen LogP contribution in [0.15, 0.2) is 11.1 Å². The first-order valence-corrected chi connectivity index (χ1v) is 4.80. The predicted molar refractivity (Wildman–Crippen MR) is 50.1 cm³/mol. The van der Waals surface area contributed by atoms with Crippen molar-refractivity contribution in [2.45, 2.75) is 18.4 Å². The highest BCUT2D eigenvalue weighted by Gasteiger charge is 2.44. The van der Waals surface area contributed by atoms with E-state index in [1.807, 2.05) is 0 Å². The molecule has 2 nitrogen and oxygen atoms in total. The number of aliphatic hydroxyl groups is 1. The van der Waals surface area contributed by atoms with Gasteiger partial charge in [0.15, 0.2) is 0 Å². The van der Waals surface area contributed by atoms with Crippen molar-refractivity contribution in [2.24, 2.45) is 0 Å². The Morgan fingerprint density at radius 3 is 2.77 bits per heavy atom. The van der Waals surface area contributed by atoms with E-state index in [1.165, 1.54) is 4.90 Å². The molecule has 0 amide bonds. The van der Waals surface area contributed by atoms with Crippen LogP contribution in [0.4, 0.5) is 8.78 Å². The van der Waals surface area contributed by atoms with Gasteiger partial charge in [-0.2, -0.15) is 0 Å². The van der Waals surface area contributed by atoms with E-state index < -0.39 is 12.0 Å². The maximum atomic E-state index is 12.9. The monoisotopic (exact) mass is 255 g/mol. The molecule has 13 heavy (non-hydrogen) atoms. The van der Waals surface area contributed by atoms with Gasteiger partial charge in [-0.3, -0.25) is 4.90 Å². The molecule has 1 atom stereocenters. The topological polar surface area (TPSA) is 23.5 Å². The smallest absolute Gasteiger partial charge is 0.262 e. The summed E-state index contributed by atoms with van der Waals surface area (Å²) < 4.78 is 26.4. The summed E-state index contributed by atoms with van der Waals surface area (Å²) in [5, 5.41) is 8.86. The average Bonchev–Trinajstić information content (AvgIpc) is 2.24. The number of hydrogen-bond donors (Lipinski definition) is 1. The fraction of sp³-hybridized carbons (Fsp3) is 0.750. The molecule has 1 N–H and O–H groups in total. The molecule has 1 fully saturated rings. The number of alkyl halides is 2. The summed E-state index contributed by atoms with van der Waals surface area (Å²) >= 11 is 3.12. The lowest BCUT2D eigenvalue weighted by atomic mass is 10.2. The summed E-state index contributed by atoms with van der Waals surface area (Å²) in [4.78, 5) is 1.54. The van der Waals surface area contributed by atoms with E-state index in [2.05, 4.69) is 22.5 Å². The minimum atomic E-state index is -2.67. The summed E-state index contributed by atoms with van der Waals surface area (Å²) in [5.74, 6) is -2.67. The van der Waals surface area contributed by atoms with Crippen LogP contribution in [-0.4, -0.2) is 41.7 Å². The Balaban J connectivity index is 2.58. The number of halogens is 3. The average molecular weight is 256 g/mol. The Labute approximate surface area is 84.4 Å². The van der Waals surface area contributed by atoms with Gasteiger partial charge >= 0.3 is 0 Å². The van der Waals surface area contributed by atoms with Crippen LogP contribution in [0.1, 0.15) is 6.42 Å². The standard InChI is InChI=1S/C8H12BrF2NO/c1-6(9)3-12-5-8(10,11)2-7(12)4-13/h7,13H,1-5H2. The van der Waals surface area contributed by atoms with Gasteiger partial charge in [0, 0.05) is 23.5 Å². The van der Waals surface area contributed by atoms with E-state index in [-0.39, 0.29) is 19.6 Å². The van der Waals surface area contributed by atoms with E-state index in [0.717, 1.165) is 0 Å². The Kier molecular flexibility index (Phi) is 3.43. The summed E-state index contributed by atoms with van der Waals surface area (Å²) in [6, 6.07) is -0.440. The lowest BCUT2D eigenvalue weighted by molar-refractivity contribution is 0.0126. The highest BCUT2D eigenvalue weighted by atomic mass is 79.9. The fourth-order valence-corrected chi connectivity index (χ4v) is 1.87. The van der Waals surface area contributed by atoms with Crippen LogP contribution in [0, 0.1) is 0 Å². The number of aliphatic hydroxyl groups excluding tert-OH is 1.